The first kappa shape index (κ1) is 21.7. The molecule has 28 heavy (non-hydrogen) atoms. The van der Waals surface area contributed by atoms with E-state index in [0.717, 1.165) is 31.4 Å². The Morgan fingerprint density at radius 3 is 2.75 bits per heavy atom. The van der Waals surface area contributed by atoms with Gasteiger partial charge in [-0.15, -0.1) is 0 Å². The molecule has 150 valence electrons. The molecule has 1 aliphatic rings. The lowest BCUT2D eigenvalue weighted by atomic mass is 9.97. The molecule has 1 unspecified atom stereocenters. The number of nitrogens with zero attached hydrogens (tertiary/aromatic N) is 1. The van der Waals surface area contributed by atoms with Crippen LogP contribution in [0.1, 0.15) is 51.2 Å². The standard InChI is InChI=1S/C24H33N3O/c1-5-22-10-6-7-12-24(22)19(3)20(4)27-14-13-21(15-18(27)2)9-8-11-23(25)16-26-17-28/h6-7,10,12-15,17,23H,2,5,8-9,11,16,25H2,1,3-4H3,(H,26,28)/b20-19+. The van der Waals surface area contributed by atoms with Gasteiger partial charge in [0.15, 0.2) is 0 Å². The molecule has 0 bridgehead atoms. The second-order valence-electron chi connectivity index (χ2n) is 7.30. The first-order valence-corrected chi connectivity index (χ1v) is 10.0. The lowest BCUT2D eigenvalue weighted by Crippen LogP contribution is -2.33. The van der Waals surface area contributed by atoms with E-state index in [4.69, 9.17) is 5.73 Å². The van der Waals surface area contributed by atoms with Crippen LogP contribution in [0, 0.1) is 0 Å². The number of rotatable bonds is 10. The van der Waals surface area contributed by atoms with Gasteiger partial charge in [-0.3, -0.25) is 4.79 Å². The molecule has 1 amide bonds. The van der Waals surface area contributed by atoms with Crippen LogP contribution < -0.4 is 11.1 Å². The average molecular weight is 380 g/mol. The van der Waals surface area contributed by atoms with E-state index in [-0.39, 0.29) is 6.04 Å². The zero-order chi connectivity index (χ0) is 20.5. The van der Waals surface area contributed by atoms with E-state index in [1.165, 1.54) is 28.0 Å². The predicted octanol–water partition coefficient (Wildman–Crippen LogP) is 4.51. The van der Waals surface area contributed by atoms with Crippen molar-refractivity contribution in [3.05, 3.63) is 77.3 Å². The minimum atomic E-state index is 0.00420. The largest absolute Gasteiger partial charge is 0.357 e. The van der Waals surface area contributed by atoms with Gasteiger partial charge in [-0.2, -0.15) is 0 Å². The van der Waals surface area contributed by atoms with Crippen LogP contribution in [0.25, 0.3) is 5.57 Å². The molecular weight excluding hydrogens is 346 g/mol. The van der Waals surface area contributed by atoms with Gasteiger partial charge in [0.1, 0.15) is 0 Å². The number of aryl methyl sites for hydroxylation is 1. The van der Waals surface area contributed by atoms with E-state index < -0.39 is 0 Å². The molecule has 1 aromatic carbocycles. The Kier molecular flexibility index (Phi) is 8.27. The number of nitrogens with two attached hydrogens (primary N) is 1. The van der Waals surface area contributed by atoms with Crippen LogP contribution in [-0.2, 0) is 11.2 Å². The molecule has 0 saturated heterocycles. The first-order chi connectivity index (χ1) is 13.5. The van der Waals surface area contributed by atoms with Crippen LogP contribution in [0.4, 0.5) is 0 Å². The van der Waals surface area contributed by atoms with Gasteiger partial charge in [0.05, 0.1) is 0 Å². The Balaban J connectivity index is 2.02. The normalized spacial score (nSPS) is 15.8. The monoisotopic (exact) mass is 379 g/mol. The van der Waals surface area contributed by atoms with Crippen LogP contribution in [0.15, 0.2) is 66.2 Å². The first-order valence-electron chi connectivity index (χ1n) is 10.0. The molecule has 1 atom stereocenters. The highest BCUT2D eigenvalue weighted by Gasteiger charge is 2.14. The SMILES string of the molecule is C=C1C=C(CCCC(N)CNC=O)C=CN1/C(C)=C(\C)c1ccccc1CC. The zero-order valence-corrected chi connectivity index (χ0v) is 17.4. The van der Waals surface area contributed by atoms with Crippen LogP contribution in [0.5, 0.6) is 0 Å². The molecule has 3 N–H and O–H groups in total. The summed E-state index contributed by atoms with van der Waals surface area (Å²) in [5.41, 5.74) is 13.4. The number of carbonyl (C=O) groups is 1. The summed E-state index contributed by atoms with van der Waals surface area (Å²) >= 11 is 0. The van der Waals surface area contributed by atoms with Gasteiger partial charge in [-0.1, -0.05) is 37.8 Å². The van der Waals surface area contributed by atoms with Gasteiger partial charge in [-0.05, 0) is 74.0 Å². The zero-order valence-electron chi connectivity index (χ0n) is 17.4. The van der Waals surface area contributed by atoms with E-state index >= 15 is 0 Å². The molecule has 0 saturated carbocycles. The molecular formula is C24H33N3O. The summed E-state index contributed by atoms with van der Waals surface area (Å²) in [6, 6.07) is 8.59. The van der Waals surface area contributed by atoms with Crippen molar-refractivity contribution in [3.8, 4) is 0 Å². The summed E-state index contributed by atoms with van der Waals surface area (Å²) < 4.78 is 0. The van der Waals surface area contributed by atoms with E-state index in [0.29, 0.717) is 13.0 Å². The van der Waals surface area contributed by atoms with Crippen molar-refractivity contribution in [2.45, 2.75) is 52.5 Å². The smallest absolute Gasteiger partial charge is 0.207 e. The maximum Gasteiger partial charge on any atom is 0.207 e. The van der Waals surface area contributed by atoms with Crippen LogP contribution >= 0.6 is 0 Å². The molecule has 0 spiro atoms. The number of nitrogens with one attached hydrogen (secondary N) is 1. The molecule has 0 aliphatic carbocycles. The van der Waals surface area contributed by atoms with Gasteiger partial charge in [0.25, 0.3) is 0 Å². The molecule has 0 aromatic heterocycles. The minimum Gasteiger partial charge on any atom is -0.357 e. The second-order valence-corrected chi connectivity index (χ2v) is 7.30. The molecule has 0 radical (unpaired) electrons. The quantitative estimate of drug-likeness (QED) is 0.588. The highest BCUT2D eigenvalue weighted by molar-refractivity contribution is 5.69. The summed E-state index contributed by atoms with van der Waals surface area (Å²) in [4.78, 5) is 12.5. The number of benzene rings is 1. The number of hydrogen-bond acceptors (Lipinski definition) is 3. The number of carbonyl (C=O) groups excluding carboxylic acids is 1. The fourth-order valence-electron chi connectivity index (χ4n) is 3.52. The van der Waals surface area contributed by atoms with Crippen molar-refractivity contribution in [1.29, 1.82) is 0 Å². The lowest BCUT2D eigenvalue weighted by Gasteiger charge is -2.28. The second kappa shape index (κ2) is 10.7. The molecule has 1 aromatic rings. The number of hydrogen-bond donors (Lipinski definition) is 2. The van der Waals surface area contributed by atoms with Gasteiger partial charge in [0.2, 0.25) is 6.41 Å². The van der Waals surface area contributed by atoms with E-state index in [1.54, 1.807) is 0 Å². The lowest BCUT2D eigenvalue weighted by molar-refractivity contribution is -0.109. The van der Waals surface area contributed by atoms with Gasteiger partial charge < -0.3 is 16.0 Å². The maximum absolute atomic E-state index is 10.3. The molecule has 1 aliphatic heterocycles. The summed E-state index contributed by atoms with van der Waals surface area (Å²) in [6.45, 7) is 11.3. The van der Waals surface area contributed by atoms with Crippen molar-refractivity contribution in [3.63, 3.8) is 0 Å². The average Bonchev–Trinajstić information content (AvgIpc) is 2.71. The number of amides is 1. The Bertz CT molecular complexity index is 789. The third kappa shape index (κ3) is 5.70. The van der Waals surface area contributed by atoms with Crippen molar-refractivity contribution < 1.29 is 4.79 Å². The summed E-state index contributed by atoms with van der Waals surface area (Å²) in [7, 11) is 0. The third-order valence-corrected chi connectivity index (χ3v) is 5.31. The van der Waals surface area contributed by atoms with E-state index in [2.05, 4.69) is 80.2 Å². The van der Waals surface area contributed by atoms with Gasteiger partial charge >= 0.3 is 0 Å². The highest BCUT2D eigenvalue weighted by Crippen LogP contribution is 2.29. The van der Waals surface area contributed by atoms with E-state index in [9.17, 15) is 4.79 Å². The van der Waals surface area contributed by atoms with Crippen molar-refractivity contribution in [2.75, 3.05) is 6.54 Å². The molecule has 1 heterocycles. The van der Waals surface area contributed by atoms with Crippen LogP contribution in [-0.4, -0.2) is 23.9 Å². The fraction of sp³-hybridized carbons (Fsp3) is 0.375. The Morgan fingerprint density at radius 1 is 1.32 bits per heavy atom. The van der Waals surface area contributed by atoms with Crippen molar-refractivity contribution in [1.82, 2.24) is 10.2 Å². The highest BCUT2D eigenvalue weighted by atomic mass is 16.1. The van der Waals surface area contributed by atoms with Gasteiger partial charge in [0, 0.05) is 30.2 Å². The predicted molar refractivity (Wildman–Crippen MR) is 118 cm³/mol. The van der Waals surface area contributed by atoms with Crippen molar-refractivity contribution >= 4 is 12.0 Å². The maximum atomic E-state index is 10.3. The summed E-state index contributed by atoms with van der Waals surface area (Å²) in [6.07, 6.45) is 11.0. The van der Waals surface area contributed by atoms with Gasteiger partial charge in [-0.25, -0.2) is 0 Å². The molecule has 0 fully saturated rings. The summed E-state index contributed by atoms with van der Waals surface area (Å²) in [5.74, 6) is 0. The Hall–Kier alpha value is -2.59. The Morgan fingerprint density at radius 2 is 2.07 bits per heavy atom. The fourth-order valence-corrected chi connectivity index (χ4v) is 3.52. The molecule has 4 nitrogen and oxygen atoms in total. The van der Waals surface area contributed by atoms with Crippen LogP contribution in [0.2, 0.25) is 0 Å². The van der Waals surface area contributed by atoms with Crippen LogP contribution in [0.3, 0.4) is 0 Å². The molecule has 4 heteroatoms. The third-order valence-electron chi connectivity index (χ3n) is 5.31. The van der Waals surface area contributed by atoms with Crippen molar-refractivity contribution in [2.24, 2.45) is 5.73 Å². The number of allylic oxidation sites excluding steroid dienone is 5. The minimum absolute atomic E-state index is 0.00420. The Labute approximate surface area is 169 Å². The van der Waals surface area contributed by atoms with E-state index in [1.807, 2.05) is 0 Å². The molecule has 2 rings (SSSR count). The topological polar surface area (TPSA) is 58.4 Å². The summed E-state index contributed by atoms with van der Waals surface area (Å²) in [5, 5.41) is 2.63.